The lowest BCUT2D eigenvalue weighted by Gasteiger charge is -2.29. The van der Waals surface area contributed by atoms with Crippen LogP contribution >= 0.6 is 39.7 Å². The smallest absolute Gasteiger partial charge is 0.307 e. The predicted molar refractivity (Wildman–Crippen MR) is 88.2 cm³/mol. The molecule has 0 aromatic carbocycles. The normalized spacial score (nSPS) is 18.9. The summed E-state index contributed by atoms with van der Waals surface area (Å²) in [7, 11) is 0. The summed E-state index contributed by atoms with van der Waals surface area (Å²) in [5, 5.41) is 15.0. The number of piperidine rings is 1. The number of rotatable bonds is 4. The third kappa shape index (κ3) is 4.07. The Hall–Kier alpha value is -0.960. The molecule has 120 valence electrons. The molecule has 3 heterocycles. The first kappa shape index (κ1) is 17.4. The Kier molecular flexibility index (Phi) is 5.96. The number of hydrogen-bond acceptors (Lipinski definition) is 6. The summed E-state index contributed by atoms with van der Waals surface area (Å²) in [6.45, 7) is 1.91. The van der Waals surface area contributed by atoms with E-state index in [2.05, 4.69) is 31.0 Å². The van der Waals surface area contributed by atoms with Gasteiger partial charge in [0.2, 0.25) is 11.7 Å². The highest BCUT2D eigenvalue weighted by molar-refractivity contribution is 9.10. The van der Waals surface area contributed by atoms with Crippen LogP contribution in [-0.2, 0) is 11.3 Å². The second-order valence-electron chi connectivity index (χ2n) is 5.05. The monoisotopic (exact) mass is 407 g/mol. The van der Waals surface area contributed by atoms with Gasteiger partial charge in [0.05, 0.1) is 17.3 Å². The summed E-state index contributed by atoms with van der Waals surface area (Å²) < 4.78 is 6.26. The Morgan fingerprint density at radius 3 is 3.09 bits per heavy atom. The van der Waals surface area contributed by atoms with Gasteiger partial charge >= 0.3 is 5.97 Å². The Morgan fingerprint density at radius 1 is 1.59 bits per heavy atom. The molecule has 1 fully saturated rings. The van der Waals surface area contributed by atoms with Crippen molar-refractivity contribution >= 4 is 45.6 Å². The second kappa shape index (κ2) is 7.54. The van der Waals surface area contributed by atoms with Gasteiger partial charge in [-0.1, -0.05) is 5.16 Å². The Morgan fingerprint density at radius 2 is 2.41 bits per heavy atom. The van der Waals surface area contributed by atoms with Crippen molar-refractivity contribution in [3.8, 4) is 10.7 Å². The number of carboxylic acids is 1. The van der Waals surface area contributed by atoms with Crippen LogP contribution in [0.15, 0.2) is 20.4 Å². The summed E-state index contributed by atoms with van der Waals surface area (Å²) in [6.07, 6.45) is 1.62. The largest absolute Gasteiger partial charge is 0.481 e. The van der Waals surface area contributed by atoms with Crippen LogP contribution in [0.3, 0.4) is 0 Å². The minimum Gasteiger partial charge on any atom is -0.481 e. The lowest BCUT2D eigenvalue weighted by Crippen LogP contribution is -2.38. The van der Waals surface area contributed by atoms with Crippen molar-refractivity contribution in [3.05, 3.63) is 21.8 Å². The number of thiophene rings is 1. The molecule has 1 aliphatic heterocycles. The van der Waals surface area contributed by atoms with E-state index < -0.39 is 5.97 Å². The fraction of sp³-hybridized carbons (Fsp3) is 0.462. The molecule has 1 atom stereocenters. The first-order valence-electron chi connectivity index (χ1n) is 6.64. The minimum atomic E-state index is -0.727. The number of aromatic nitrogens is 2. The lowest BCUT2D eigenvalue weighted by molar-refractivity contribution is -0.143. The van der Waals surface area contributed by atoms with Gasteiger partial charge in [-0.25, -0.2) is 0 Å². The quantitative estimate of drug-likeness (QED) is 0.836. The first-order chi connectivity index (χ1) is 10.1. The van der Waals surface area contributed by atoms with E-state index >= 15 is 0 Å². The average molecular weight is 409 g/mol. The first-order valence-corrected chi connectivity index (χ1v) is 8.31. The van der Waals surface area contributed by atoms with Gasteiger partial charge < -0.3 is 9.63 Å². The minimum absolute atomic E-state index is 0. The third-order valence-corrected chi connectivity index (χ3v) is 5.16. The third-order valence-electron chi connectivity index (χ3n) is 3.47. The van der Waals surface area contributed by atoms with Gasteiger partial charge in [-0.15, -0.1) is 23.7 Å². The maximum absolute atomic E-state index is 11.1. The molecule has 2 aromatic heterocycles. The van der Waals surface area contributed by atoms with E-state index in [0.717, 1.165) is 28.7 Å². The SMILES string of the molecule is Cl.O=C(O)C1CCCN(Cc2nc(-c3cc(Br)cs3)no2)C1. The molecule has 3 rings (SSSR count). The van der Waals surface area contributed by atoms with E-state index in [1.165, 1.54) is 0 Å². The Balaban J connectivity index is 0.00000176. The number of carbonyl (C=O) groups is 1. The molecule has 0 saturated carbocycles. The van der Waals surface area contributed by atoms with Gasteiger partial charge in [-0.05, 0) is 41.4 Å². The standard InChI is InChI=1S/C13H14BrN3O3S.ClH/c14-9-4-10(21-7-9)12-15-11(20-16-12)6-17-3-1-2-8(5-17)13(18)19;/h4,7-8H,1-3,5-6H2,(H,18,19);1H. The summed E-state index contributed by atoms with van der Waals surface area (Å²) in [6, 6.07) is 1.95. The zero-order valence-electron chi connectivity index (χ0n) is 11.6. The average Bonchev–Trinajstić information content (AvgIpc) is 3.08. The van der Waals surface area contributed by atoms with Gasteiger partial charge in [0, 0.05) is 16.4 Å². The molecular formula is C13H15BrClN3O3S. The van der Waals surface area contributed by atoms with E-state index in [0.29, 0.717) is 24.8 Å². The summed E-state index contributed by atoms with van der Waals surface area (Å²) in [5.41, 5.74) is 0. The number of nitrogens with zero attached hydrogens (tertiary/aromatic N) is 3. The van der Waals surface area contributed by atoms with Crippen LogP contribution in [0.1, 0.15) is 18.7 Å². The molecular weight excluding hydrogens is 394 g/mol. The maximum atomic E-state index is 11.1. The van der Waals surface area contributed by atoms with Crippen LogP contribution in [0, 0.1) is 5.92 Å². The molecule has 0 spiro atoms. The summed E-state index contributed by atoms with van der Waals surface area (Å²) in [4.78, 5) is 18.4. The van der Waals surface area contributed by atoms with Crippen LogP contribution in [0.25, 0.3) is 10.7 Å². The van der Waals surface area contributed by atoms with Crippen LogP contribution < -0.4 is 0 Å². The van der Waals surface area contributed by atoms with Crippen molar-refractivity contribution in [1.29, 1.82) is 0 Å². The highest BCUT2D eigenvalue weighted by Crippen LogP contribution is 2.28. The number of likely N-dealkylation sites (tertiary alicyclic amines) is 1. The topological polar surface area (TPSA) is 79.5 Å². The molecule has 0 bridgehead atoms. The molecule has 22 heavy (non-hydrogen) atoms. The maximum Gasteiger partial charge on any atom is 0.307 e. The highest BCUT2D eigenvalue weighted by atomic mass is 79.9. The fourth-order valence-corrected chi connectivity index (χ4v) is 3.79. The van der Waals surface area contributed by atoms with Crippen molar-refractivity contribution in [2.75, 3.05) is 13.1 Å². The molecule has 0 amide bonds. The van der Waals surface area contributed by atoms with E-state index in [9.17, 15) is 4.79 Å². The van der Waals surface area contributed by atoms with Gasteiger partial charge in [0.25, 0.3) is 0 Å². The molecule has 1 saturated heterocycles. The van der Waals surface area contributed by atoms with Crippen molar-refractivity contribution in [3.63, 3.8) is 0 Å². The van der Waals surface area contributed by atoms with Gasteiger partial charge in [0.1, 0.15) is 0 Å². The molecule has 9 heteroatoms. The molecule has 6 nitrogen and oxygen atoms in total. The van der Waals surface area contributed by atoms with E-state index in [4.69, 9.17) is 9.63 Å². The van der Waals surface area contributed by atoms with E-state index in [1.807, 2.05) is 11.4 Å². The summed E-state index contributed by atoms with van der Waals surface area (Å²) >= 11 is 4.94. The van der Waals surface area contributed by atoms with Crippen LogP contribution in [0.4, 0.5) is 0 Å². The Bertz CT molecular complexity index is 648. The fourth-order valence-electron chi connectivity index (χ4n) is 2.44. The van der Waals surface area contributed by atoms with Crippen LogP contribution in [0.5, 0.6) is 0 Å². The number of halogens is 2. The molecule has 0 aliphatic carbocycles. The number of carboxylic acid groups (broad SMARTS) is 1. The van der Waals surface area contributed by atoms with E-state index in [-0.39, 0.29) is 18.3 Å². The molecule has 1 N–H and O–H groups in total. The zero-order valence-corrected chi connectivity index (χ0v) is 14.8. The van der Waals surface area contributed by atoms with Crippen LogP contribution in [-0.4, -0.2) is 39.2 Å². The van der Waals surface area contributed by atoms with Crippen molar-refractivity contribution in [2.24, 2.45) is 5.92 Å². The lowest BCUT2D eigenvalue weighted by atomic mass is 9.98. The molecule has 0 radical (unpaired) electrons. The summed E-state index contributed by atoms with van der Waals surface area (Å²) in [5.74, 6) is 0.0804. The second-order valence-corrected chi connectivity index (χ2v) is 6.88. The van der Waals surface area contributed by atoms with Gasteiger partial charge in [-0.3, -0.25) is 9.69 Å². The van der Waals surface area contributed by atoms with Crippen molar-refractivity contribution < 1.29 is 14.4 Å². The molecule has 2 aromatic rings. The number of aliphatic carboxylic acids is 1. The molecule has 1 aliphatic rings. The van der Waals surface area contributed by atoms with E-state index in [1.54, 1.807) is 11.3 Å². The number of hydrogen-bond donors (Lipinski definition) is 1. The van der Waals surface area contributed by atoms with Crippen LogP contribution in [0.2, 0.25) is 0 Å². The Labute approximate surface area is 146 Å². The highest BCUT2D eigenvalue weighted by Gasteiger charge is 2.26. The zero-order chi connectivity index (χ0) is 14.8. The molecule has 1 unspecified atom stereocenters. The van der Waals surface area contributed by atoms with Crippen molar-refractivity contribution in [1.82, 2.24) is 15.0 Å². The van der Waals surface area contributed by atoms with Crippen molar-refractivity contribution in [2.45, 2.75) is 19.4 Å². The van der Waals surface area contributed by atoms with Gasteiger partial charge in [-0.2, -0.15) is 4.98 Å². The van der Waals surface area contributed by atoms with Gasteiger partial charge in [0.15, 0.2) is 0 Å². The predicted octanol–water partition coefficient (Wildman–Crippen LogP) is 3.28.